The van der Waals surface area contributed by atoms with E-state index in [0.29, 0.717) is 0 Å². The molecule has 0 aliphatic heterocycles. The van der Waals surface area contributed by atoms with Gasteiger partial charge in [-0.05, 0) is 70.5 Å². The monoisotopic (exact) mass is 410 g/mol. The van der Waals surface area contributed by atoms with Crippen LogP contribution in [0.3, 0.4) is 0 Å². The van der Waals surface area contributed by atoms with E-state index < -0.39 is 0 Å². The van der Waals surface area contributed by atoms with Gasteiger partial charge in [0, 0.05) is 0 Å². The molecular formula is C32H26. The molecule has 0 N–H and O–H groups in total. The number of hydrogen-bond acceptors (Lipinski definition) is 0. The summed E-state index contributed by atoms with van der Waals surface area (Å²) in [6.07, 6.45) is 0. The third-order valence-electron chi connectivity index (χ3n) is 6.01. The van der Waals surface area contributed by atoms with Gasteiger partial charge in [-0.2, -0.15) is 0 Å². The molecular weight excluding hydrogens is 384 g/mol. The summed E-state index contributed by atoms with van der Waals surface area (Å²) in [6.45, 7) is 4.26. The van der Waals surface area contributed by atoms with Crippen molar-refractivity contribution in [3.63, 3.8) is 0 Å². The molecule has 0 aliphatic rings. The van der Waals surface area contributed by atoms with Crippen LogP contribution in [0.1, 0.15) is 11.1 Å². The number of aryl methyl sites for hydroxylation is 2. The maximum absolute atomic E-state index is 2.28. The fourth-order valence-corrected chi connectivity index (χ4v) is 4.18. The zero-order valence-electron chi connectivity index (χ0n) is 18.5. The lowest BCUT2D eigenvalue weighted by Gasteiger charge is -2.09. The van der Waals surface area contributed by atoms with Crippen LogP contribution in [0.15, 0.2) is 121 Å². The van der Waals surface area contributed by atoms with Gasteiger partial charge in [0.15, 0.2) is 0 Å². The fourth-order valence-electron chi connectivity index (χ4n) is 4.18. The molecule has 0 spiro atoms. The maximum Gasteiger partial charge on any atom is -0.0178 e. The van der Waals surface area contributed by atoms with Crippen LogP contribution in [-0.2, 0) is 0 Å². The van der Waals surface area contributed by atoms with E-state index in [1.165, 1.54) is 55.6 Å². The van der Waals surface area contributed by atoms with E-state index >= 15 is 0 Å². The van der Waals surface area contributed by atoms with Gasteiger partial charge in [0.1, 0.15) is 0 Å². The van der Waals surface area contributed by atoms with Crippen LogP contribution in [-0.4, -0.2) is 0 Å². The predicted octanol–water partition coefficient (Wildman–Crippen LogP) is 8.97. The molecule has 0 heterocycles. The molecule has 0 unspecified atom stereocenters. The molecule has 0 aliphatic carbocycles. The number of rotatable bonds is 4. The molecule has 5 aromatic rings. The van der Waals surface area contributed by atoms with Crippen LogP contribution in [0.4, 0.5) is 0 Å². The molecule has 32 heavy (non-hydrogen) atoms. The van der Waals surface area contributed by atoms with Gasteiger partial charge in [0.2, 0.25) is 0 Å². The van der Waals surface area contributed by atoms with Gasteiger partial charge in [-0.1, -0.05) is 120 Å². The van der Waals surface area contributed by atoms with Crippen molar-refractivity contribution in [1.29, 1.82) is 0 Å². The van der Waals surface area contributed by atoms with Crippen molar-refractivity contribution in [3.05, 3.63) is 132 Å². The Labute approximate surface area is 190 Å². The van der Waals surface area contributed by atoms with Crippen LogP contribution in [0, 0.1) is 13.8 Å². The average molecular weight is 411 g/mol. The Kier molecular flexibility index (Phi) is 5.44. The first-order chi connectivity index (χ1) is 15.7. The normalized spacial score (nSPS) is 10.8. The molecule has 0 heteroatoms. The first-order valence-corrected chi connectivity index (χ1v) is 11.1. The van der Waals surface area contributed by atoms with Crippen molar-refractivity contribution in [2.75, 3.05) is 0 Å². The van der Waals surface area contributed by atoms with Crippen molar-refractivity contribution in [3.8, 4) is 44.5 Å². The highest BCUT2D eigenvalue weighted by molar-refractivity contribution is 5.77. The smallest absolute Gasteiger partial charge is 0.0178 e. The lowest BCUT2D eigenvalue weighted by molar-refractivity contribution is 1.46. The number of benzene rings is 5. The van der Waals surface area contributed by atoms with Crippen LogP contribution in [0.2, 0.25) is 0 Å². The Balaban J connectivity index is 1.43. The van der Waals surface area contributed by atoms with Gasteiger partial charge in [0.25, 0.3) is 0 Å². The molecule has 0 saturated carbocycles. The lowest BCUT2D eigenvalue weighted by Crippen LogP contribution is -1.84. The molecule has 5 aromatic carbocycles. The first-order valence-electron chi connectivity index (χ1n) is 11.1. The first kappa shape index (κ1) is 20.0. The molecule has 0 saturated heterocycles. The molecule has 0 aromatic heterocycles. The van der Waals surface area contributed by atoms with Crippen LogP contribution >= 0.6 is 0 Å². The van der Waals surface area contributed by atoms with E-state index in [-0.39, 0.29) is 0 Å². The van der Waals surface area contributed by atoms with Crippen molar-refractivity contribution in [2.45, 2.75) is 13.8 Å². The quantitative estimate of drug-likeness (QED) is 0.277. The highest BCUT2D eigenvalue weighted by Crippen LogP contribution is 2.30. The Morgan fingerprint density at radius 1 is 0.281 bits per heavy atom. The Morgan fingerprint density at radius 2 is 0.625 bits per heavy atom. The van der Waals surface area contributed by atoms with Crippen LogP contribution < -0.4 is 0 Å². The van der Waals surface area contributed by atoms with Gasteiger partial charge < -0.3 is 0 Å². The van der Waals surface area contributed by atoms with Gasteiger partial charge in [-0.15, -0.1) is 0 Å². The average Bonchev–Trinajstić information content (AvgIpc) is 2.85. The summed E-state index contributed by atoms with van der Waals surface area (Å²) in [4.78, 5) is 0. The summed E-state index contributed by atoms with van der Waals surface area (Å²) < 4.78 is 0. The molecule has 0 amide bonds. The zero-order valence-corrected chi connectivity index (χ0v) is 18.5. The number of hydrogen-bond donors (Lipinski definition) is 0. The van der Waals surface area contributed by atoms with Gasteiger partial charge >= 0.3 is 0 Å². The molecule has 0 bridgehead atoms. The third-order valence-corrected chi connectivity index (χ3v) is 6.01. The minimum absolute atomic E-state index is 1.23. The molecule has 5 rings (SSSR count). The van der Waals surface area contributed by atoms with Crippen molar-refractivity contribution < 1.29 is 0 Å². The molecule has 0 radical (unpaired) electrons. The summed E-state index contributed by atoms with van der Waals surface area (Å²) in [5.74, 6) is 0. The largest absolute Gasteiger partial charge is 0.0614 e. The zero-order chi connectivity index (χ0) is 21.9. The lowest BCUT2D eigenvalue weighted by atomic mass is 9.95. The van der Waals surface area contributed by atoms with E-state index in [4.69, 9.17) is 0 Å². The van der Waals surface area contributed by atoms with Crippen LogP contribution in [0.5, 0.6) is 0 Å². The maximum atomic E-state index is 2.28. The second-order valence-electron chi connectivity index (χ2n) is 8.47. The Morgan fingerprint density at radius 3 is 1.06 bits per heavy atom. The second-order valence-corrected chi connectivity index (χ2v) is 8.47. The Bertz CT molecular complexity index is 1360. The van der Waals surface area contributed by atoms with Gasteiger partial charge in [-0.25, -0.2) is 0 Å². The topological polar surface area (TPSA) is 0 Å². The van der Waals surface area contributed by atoms with Crippen molar-refractivity contribution in [2.24, 2.45) is 0 Å². The third kappa shape index (κ3) is 4.26. The second kappa shape index (κ2) is 8.69. The highest BCUT2D eigenvalue weighted by Gasteiger charge is 2.05. The highest BCUT2D eigenvalue weighted by atomic mass is 14.1. The molecule has 0 nitrogen and oxygen atoms in total. The van der Waals surface area contributed by atoms with E-state index in [1.807, 2.05) is 0 Å². The minimum Gasteiger partial charge on any atom is -0.0614 e. The van der Waals surface area contributed by atoms with E-state index in [2.05, 4.69) is 135 Å². The van der Waals surface area contributed by atoms with Gasteiger partial charge in [-0.3, -0.25) is 0 Å². The molecule has 154 valence electrons. The van der Waals surface area contributed by atoms with E-state index in [1.54, 1.807) is 0 Å². The Hall–Kier alpha value is -3.90. The summed E-state index contributed by atoms with van der Waals surface area (Å²) >= 11 is 0. The predicted molar refractivity (Wildman–Crippen MR) is 138 cm³/mol. The molecule has 0 fully saturated rings. The van der Waals surface area contributed by atoms with Crippen molar-refractivity contribution >= 4 is 0 Å². The fraction of sp³-hybridized carbons (Fsp3) is 0.0625. The summed E-state index contributed by atoms with van der Waals surface area (Å²) in [6, 6.07) is 43.9. The summed E-state index contributed by atoms with van der Waals surface area (Å²) in [7, 11) is 0. The summed E-state index contributed by atoms with van der Waals surface area (Å²) in [5, 5.41) is 0. The van der Waals surface area contributed by atoms with E-state index in [9.17, 15) is 0 Å². The van der Waals surface area contributed by atoms with Crippen molar-refractivity contribution in [1.82, 2.24) is 0 Å². The van der Waals surface area contributed by atoms with E-state index in [0.717, 1.165) is 0 Å². The standard InChI is InChI=1S/C32H26/c1-23-12-14-25(15-13-23)29-8-4-9-30(21-29)26-16-18-27(19-17-26)31-10-5-11-32(22-31)28-7-3-6-24(2)20-28/h3-22H,1-2H3. The minimum atomic E-state index is 1.23. The van der Waals surface area contributed by atoms with Crippen LogP contribution in [0.25, 0.3) is 44.5 Å². The molecule has 0 atom stereocenters. The van der Waals surface area contributed by atoms with Gasteiger partial charge in [0.05, 0.1) is 0 Å². The summed E-state index contributed by atoms with van der Waals surface area (Å²) in [5.41, 5.74) is 12.5. The SMILES string of the molecule is Cc1ccc(-c2cccc(-c3ccc(-c4cccc(-c5cccc(C)c5)c4)cc3)c2)cc1.